The Kier molecular flexibility index (Phi) is 3.15. The largest absolute Gasteiger partial charge is 0.368 e. The third kappa shape index (κ3) is 2.31. The first-order valence-electron chi connectivity index (χ1n) is 5.74. The lowest BCUT2D eigenvalue weighted by Gasteiger charge is -2.42. The quantitative estimate of drug-likeness (QED) is 0.783. The highest BCUT2D eigenvalue weighted by Crippen LogP contribution is 2.22. The number of hydrogen-bond donors (Lipinski definition) is 1. The van der Waals surface area contributed by atoms with Gasteiger partial charge in [-0.05, 0) is 20.9 Å². The van der Waals surface area contributed by atoms with E-state index in [-0.39, 0.29) is 5.95 Å². The zero-order valence-electron chi connectivity index (χ0n) is 10.4. The van der Waals surface area contributed by atoms with Crippen LogP contribution in [0.2, 0.25) is 0 Å². The molecule has 0 amide bonds. The normalized spacial score (nSPS) is 26.2. The van der Waals surface area contributed by atoms with Crippen molar-refractivity contribution in [3.8, 4) is 0 Å². The van der Waals surface area contributed by atoms with Crippen molar-refractivity contribution in [2.24, 2.45) is 0 Å². The van der Waals surface area contributed by atoms with Crippen LogP contribution < -0.4 is 10.6 Å². The molecule has 1 aliphatic rings. The lowest BCUT2D eigenvalue weighted by atomic mass is 10.1. The maximum Gasteiger partial charge on any atom is 0.222 e. The van der Waals surface area contributed by atoms with Gasteiger partial charge in [0.25, 0.3) is 0 Å². The van der Waals surface area contributed by atoms with Crippen LogP contribution in [0, 0.1) is 5.82 Å². The zero-order valence-corrected chi connectivity index (χ0v) is 10.4. The zero-order chi connectivity index (χ0) is 12.6. The fourth-order valence-corrected chi connectivity index (χ4v) is 2.17. The number of halogens is 1. The summed E-state index contributed by atoms with van der Waals surface area (Å²) in [5.74, 6) is 0.00749. The molecule has 94 valence electrons. The highest BCUT2D eigenvalue weighted by molar-refractivity contribution is 5.43. The molecule has 0 radical (unpaired) electrons. The summed E-state index contributed by atoms with van der Waals surface area (Å²) >= 11 is 0. The second-order valence-corrected chi connectivity index (χ2v) is 4.67. The summed E-state index contributed by atoms with van der Waals surface area (Å²) in [6, 6.07) is 0.712. The predicted molar refractivity (Wildman–Crippen MR) is 65.3 cm³/mol. The highest BCUT2D eigenvalue weighted by atomic mass is 19.1. The van der Waals surface area contributed by atoms with Crippen molar-refractivity contribution >= 4 is 11.8 Å². The monoisotopic (exact) mass is 239 g/mol. The van der Waals surface area contributed by atoms with Gasteiger partial charge in [-0.15, -0.1) is 0 Å². The van der Waals surface area contributed by atoms with Gasteiger partial charge in [-0.25, -0.2) is 9.37 Å². The van der Waals surface area contributed by atoms with Gasteiger partial charge >= 0.3 is 0 Å². The first kappa shape index (κ1) is 12.0. The van der Waals surface area contributed by atoms with Crippen LogP contribution in [0.5, 0.6) is 0 Å². The fraction of sp³-hybridized carbons (Fsp3) is 0.636. The van der Waals surface area contributed by atoms with Crippen LogP contribution in [0.3, 0.4) is 0 Å². The van der Waals surface area contributed by atoms with Gasteiger partial charge in [0.05, 0.1) is 6.20 Å². The number of hydrogen-bond acceptors (Lipinski definition) is 5. The third-order valence-electron chi connectivity index (χ3n) is 3.40. The topological polar surface area (TPSA) is 58.3 Å². The smallest absolute Gasteiger partial charge is 0.222 e. The molecule has 17 heavy (non-hydrogen) atoms. The van der Waals surface area contributed by atoms with Crippen molar-refractivity contribution in [3.63, 3.8) is 0 Å². The number of nitrogens with two attached hydrogens (primary N) is 1. The first-order chi connectivity index (χ1) is 7.99. The number of aromatic nitrogens is 2. The van der Waals surface area contributed by atoms with Crippen LogP contribution in [0.4, 0.5) is 16.2 Å². The molecule has 0 bridgehead atoms. The van der Waals surface area contributed by atoms with Crippen molar-refractivity contribution in [3.05, 3.63) is 12.0 Å². The standard InChI is InChI=1S/C11H18FN5/c1-7-5-17(6-8(2)16(7)3)10-9(12)4-14-11(13)15-10/h4,7-8H,5-6H2,1-3H3,(H2,13,14,15). The summed E-state index contributed by atoms with van der Waals surface area (Å²) < 4.78 is 13.7. The molecule has 1 fully saturated rings. The maximum absolute atomic E-state index is 13.7. The average Bonchev–Trinajstić information content (AvgIpc) is 2.28. The van der Waals surface area contributed by atoms with Gasteiger partial charge in [0.1, 0.15) is 0 Å². The van der Waals surface area contributed by atoms with Crippen molar-refractivity contribution in [1.82, 2.24) is 14.9 Å². The first-order valence-corrected chi connectivity index (χ1v) is 5.74. The molecule has 1 aliphatic heterocycles. The van der Waals surface area contributed by atoms with E-state index in [1.807, 2.05) is 4.90 Å². The predicted octanol–water partition coefficient (Wildman–Crippen LogP) is 0.727. The van der Waals surface area contributed by atoms with E-state index in [0.717, 1.165) is 19.3 Å². The minimum atomic E-state index is -0.414. The van der Waals surface area contributed by atoms with Crippen LogP contribution in [-0.4, -0.2) is 47.1 Å². The molecule has 0 spiro atoms. The molecule has 2 N–H and O–H groups in total. The van der Waals surface area contributed by atoms with Gasteiger partial charge in [-0.3, -0.25) is 4.90 Å². The third-order valence-corrected chi connectivity index (χ3v) is 3.40. The van der Waals surface area contributed by atoms with Crippen LogP contribution >= 0.6 is 0 Å². The lowest BCUT2D eigenvalue weighted by Crippen LogP contribution is -2.55. The van der Waals surface area contributed by atoms with E-state index >= 15 is 0 Å². The van der Waals surface area contributed by atoms with Gasteiger partial charge in [0.2, 0.25) is 5.95 Å². The van der Waals surface area contributed by atoms with Crippen molar-refractivity contribution < 1.29 is 4.39 Å². The van der Waals surface area contributed by atoms with Gasteiger partial charge < -0.3 is 10.6 Å². The minimum absolute atomic E-state index is 0.112. The van der Waals surface area contributed by atoms with E-state index in [1.54, 1.807) is 0 Å². The van der Waals surface area contributed by atoms with Gasteiger partial charge in [-0.1, -0.05) is 0 Å². The van der Waals surface area contributed by atoms with Gasteiger partial charge in [0.15, 0.2) is 11.6 Å². The Morgan fingerprint density at radius 3 is 2.53 bits per heavy atom. The van der Waals surface area contributed by atoms with E-state index in [0.29, 0.717) is 17.9 Å². The molecular weight excluding hydrogens is 221 g/mol. The Bertz CT molecular complexity index is 399. The number of anilines is 2. The molecule has 5 nitrogen and oxygen atoms in total. The van der Waals surface area contributed by atoms with Crippen molar-refractivity contribution in [2.75, 3.05) is 30.8 Å². The van der Waals surface area contributed by atoms with Crippen molar-refractivity contribution in [1.29, 1.82) is 0 Å². The summed E-state index contributed by atoms with van der Waals surface area (Å²) in [5, 5.41) is 0. The molecule has 0 saturated carbocycles. The summed E-state index contributed by atoms with van der Waals surface area (Å²) in [7, 11) is 2.08. The number of rotatable bonds is 1. The Labute approximate surface area is 100 Å². The van der Waals surface area contributed by atoms with E-state index in [9.17, 15) is 4.39 Å². The second kappa shape index (κ2) is 4.44. The van der Waals surface area contributed by atoms with E-state index in [4.69, 9.17) is 5.73 Å². The van der Waals surface area contributed by atoms with Crippen LogP contribution in [-0.2, 0) is 0 Å². The van der Waals surface area contributed by atoms with Crippen LogP contribution in [0.15, 0.2) is 6.20 Å². The number of nitrogens with zero attached hydrogens (tertiary/aromatic N) is 4. The van der Waals surface area contributed by atoms with Crippen molar-refractivity contribution in [2.45, 2.75) is 25.9 Å². The Balaban J connectivity index is 2.25. The maximum atomic E-state index is 13.7. The number of nitrogen functional groups attached to an aromatic ring is 1. The van der Waals surface area contributed by atoms with Gasteiger partial charge in [-0.2, -0.15) is 4.98 Å². The lowest BCUT2D eigenvalue weighted by molar-refractivity contribution is 0.169. The molecular formula is C11H18FN5. The highest BCUT2D eigenvalue weighted by Gasteiger charge is 2.28. The van der Waals surface area contributed by atoms with E-state index < -0.39 is 5.82 Å². The molecule has 1 saturated heterocycles. The molecule has 1 aromatic rings. The fourth-order valence-electron chi connectivity index (χ4n) is 2.17. The molecule has 0 aliphatic carbocycles. The summed E-state index contributed by atoms with van der Waals surface area (Å²) in [5.41, 5.74) is 5.50. The molecule has 2 rings (SSSR count). The van der Waals surface area contributed by atoms with Crippen LogP contribution in [0.1, 0.15) is 13.8 Å². The molecule has 2 heterocycles. The Morgan fingerprint density at radius 1 is 1.35 bits per heavy atom. The number of likely N-dealkylation sites (N-methyl/N-ethyl adjacent to an activating group) is 1. The average molecular weight is 239 g/mol. The molecule has 0 aromatic carbocycles. The molecule has 1 aromatic heterocycles. The molecule has 2 unspecified atom stereocenters. The summed E-state index contributed by atoms with van der Waals surface area (Å²) in [6.45, 7) is 5.72. The Hall–Kier alpha value is -1.43. The van der Waals surface area contributed by atoms with Gasteiger partial charge in [0, 0.05) is 25.2 Å². The molecule has 6 heteroatoms. The summed E-state index contributed by atoms with van der Waals surface area (Å²) in [4.78, 5) is 11.8. The number of piperazine rings is 1. The van der Waals surface area contributed by atoms with E-state index in [1.165, 1.54) is 0 Å². The second-order valence-electron chi connectivity index (χ2n) is 4.67. The van der Waals surface area contributed by atoms with Crippen LogP contribution in [0.25, 0.3) is 0 Å². The minimum Gasteiger partial charge on any atom is -0.368 e. The molecule has 2 atom stereocenters. The Morgan fingerprint density at radius 2 is 1.94 bits per heavy atom. The summed E-state index contributed by atoms with van der Waals surface area (Å²) in [6.07, 6.45) is 1.13. The van der Waals surface area contributed by atoms with E-state index in [2.05, 4.69) is 35.8 Å². The SMILES string of the molecule is CC1CN(c2nc(N)ncc2F)CC(C)N1C.